The van der Waals surface area contributed by atoms with Crippen LogP contribution in [0.5, 0.6) is 5.75 Å². The highest BCUT2D eigenvalue weighted by Gasteiger charge is 2.15. The third-order valence-corrected chi connectivity index (χ3v) is 3.68. The summed E-state index contributed by atoms with van der Waals surface area (Å²) in [5.74, 6) is 0.828. The molecule has 2 aromatic rings. The lowest BCUT2D eigenvalue weighted by Gasteiger charge is -2.15. The Morgan fingerprint density at radius 1 is 1.30 bits per heavy atom. The number of rotatable bonds is 4. The van der Waals surface area contributed by atoms with Crippen molar-refractivity contribution in [2.75, 3.05) is 7.11 Å². The van der Waals surface area contributed by atoms with Gasteiger partial charge in [-0.1, -0.05) is 0 Å². The molecule has 0 saturated heterocycles. The van der Waals surface area contributed by atoms with Crippen molar-refractivity contribution >= 4 is 15.9 Å². The second kappa shape index (κ2) is 6.33. The van der Waals surface area contributed by atoms with Gasteiger partial charge in [0.1, 0.15) is 5.75 Å². The van der Waals surface area contributed by atoms with Crippen LogP contribution in [0, 0.1) is 13.8 Å². The molecule has 5 heteroatoms. The normalized spacial score (nSPS) is 12.2. The second-order valence-corrected chi connectivity index (χ2v) is 5.62. The minimum atomic E-state index is -0.640. The Morgan fingerprint density at radius 3 is 2.70 bits per heavy atom. The van der Waals surface area contributed by atoms with Crippen LogP contribution >= 0.6 is 15.9 Å². The minimum absolute atomic E-state index is 0.431. The van der Waals surface area contributed by atoms with Crippen molar-refractivity contribution < 1.29 is 9.84 Å². The van der Waals surface area contributed by atoms with E-state index in [4.69, 9.17) is 4.74 Å². The Morgan fingerprint density at radius 2 is 2.05 bits per heavy atom. The highest BCUT2D eigenvalue weighted by atomic mass is 79.9. The van der Waals surface area contributed by atoms with Crippen LogP contribution in [0.2, 0.25) is 0 Å². The van der Waals surface area contributed by atoms with Crippen molar-refractivity contribution in [2.45, 2.75) is 26.4 Å². The molecule has 1 unspecified atom stereocenters. The lowest BCUT2D eigenvalue weighted by Crippen LogP contribution is -2.07. The minimum Gasteiger partial charge on any atom is -0.496 e. The van der Waals surface area contributed by atoms with Crippen molar-refractivity contribution in [1.29, 1.82) is 0 Å². The van der Waals surface area contributed by atoms with Gasteiger partial charge < -0.3 is 9.84 Å². The topological polar surface area (TPSA) is 55.2 Å². The number of hydrogen-bond acceptors (Lipinski definition) is 4. The maximum Gasteiger partial charge on any atom is 0.128 e. The number of hydrogen-bond donors (Lipinski definition) is 1. The SMILES string of the molecule is COc1c(C)cnc(CC(O)c2cncc(Br)c2)c1C. The molecule has 2 rings (SSSR count). The number of aromatic nitrogens is 2. The fraction of sp³-hybridized carbons (Fsp3) is 0.333. The first-order chi connectivity index (χ1) is 9.52. The van der Waals surface area contributed by atoms with E-state index in [-0.39, 0.29) is 0 Å². The molecule has 0 radical (unpaired) electrons. The van der Waals surface area contributed by atoms with Crippen molar-refractivity contribution in [3.05, 3.63) is 51.5 Å². The van der Waals surface area contributed by atoms with Gasteiger partial charge in [-0.2, -0.15) is 0 Å². The van der Waals surface area contributed by atoms with Gasteiger partial charge in [0.25, 0.3) is 0 Å². The summed E-state index contributed by atoms with van der Waals surface area (Å²) < 4.78 is 6.23. The summed E-state index contributed by atoms with van der Waals surface area (Å²) in [5, 5.41) is 10.3. The number of ether oxygens (including phenoxy) is 1. The average Bonchev–Trinajstić information content (AvgIpc) is 2.42. The second-order valence-electron chi connectivity index (χ2n) is 4.70. The van der Waals surface area contributed by atoms with Gasteiger partial charge in [-0.15, -0.1) is 0 Å². The van der Waals surface area contributed by atoms with E-state index in [0.717, 1.165) is 32.6 Å². The molecule has 4 nitrogen and oxygen atoms in total. The van der Waals surface area contributed by atoms with E-state index in [9.17, 15) is 5.11 Å². The number of methoxy groups -OCH3 is 1. The Labute approximate surface area is 127 Å². The van der Waals surface area contributed by atoms with E-state index in [1.165, 1.54) is 0 Å². The predicted molar refractivity (Wildman–Crippen MR) is 80.9 cm³/mol. The van der Waals surface area contributed by atoms with E-state index in [1.54, 1.807) is 25.7 Å². The van der Waals surface area contributed by atoms with E-state index in [2.05, 4.69) is 25.9 Å². The third-order valence-electron chi connectivity index (χ3n) is 3.25. The van der Waals surface area contributed by atoms with Crippen LogP contribution < -0.4 is 4.74 Å². The summed E-state index contributed by atoms with van der Waals surface area (Å²) >= 11 is 3.35. The zero-order valence-electron chi connectivity index (χ0n) is 11.7. The zero-order chi connectivity index (χ0) is 14.7. The number of nitrogens with zero attached hydrogens (tertiary/aromatic N) is 2. The molecule has 0 bridgehead atoms. The monoisotopic (exact) mass is 336 g/mol. The summed E-state index contributed by atoms with van der Waals surface area (Å²) in [6, 6.07) is 1.86. The van der Waals surface area contributed by atoms with Gasteiger partial charge >= 0.3 is 0 Å². The molecule has 0 aliphatic rings. The highest BCUT2D eigenvalue weighted by molar-refractivity contribution is 9.10. The number of pyridine rings is 2. The van der Waals surface area contributed by atoms with Gasteiger partial charge in [0, 0.05) is 51.9 Å². The predicted octanol–water partition coefficient (Wildman–Crippen LogP) is 3.14. The van der Waals surface area contributed by atoms with Gasteiger partial charge in [0.15, 0.2) is 0 Å². The van der Waals surface area contributed by atoms with Crippen LogP contribution in [-0.4, -0.2) is 22.2 Å². The van der Waals surface area contributed by atoms with Crippen LogP contribution in [0.15, 0.2) is 29.1 Å². The zero-order valence-corrected chi connectivity index (χ0v) is 13.3. The Balaban J connectivity index is 2.26. The van der Waals surface area contributed by atoms with E-state index in [0.29, 0.717) is 6.42 Å². The van der Waals surface area contributed by atoms with Crippen LogP contribution in [0.1, 0.15) is 28.5 Å². The largest absolute Gasteiger partial charge is 0.496 e. The maximum atomic E-state index is 10.3. The number of aliphatic hydroxyl groups excluding tert-OH is 1. The molecule has 2 heterocycles. The molecule has 0 saturated carbocycles. The van der Waals surface area contributed by atoms with Crippen LogP contribution in [0.3, 0.4) is 0 Å². The Hall–Kier alpha value is -1.46. The molecule has 0 aromatic carbocycles. The molecule has 0 fully saturated rings. The summed E-state index contributed by atoms with van der Waals surface area (Å²) in [5.41, 5.74) is 3.56. The summed E-state index contributed by atoms with van der Waals surface area (Å²) in [4.78, 5) is 8.47. The van der Waals surface area contributed by atoms with Crippen LogP contribution in [0.25, 0.3) is 0 Å². The molecular formula is C15H17BrN2O2. The first-order valence-corrected chi connectivity index (χ1v) is 7.09. The van der Waals surface area contributed by atoms with Gasteiger partial charge in [0.05, 0.1) is 13.2 Å². The third kappa shape index (κ3) is 3.16. The van der Waals surface area contributed by atoms with Crippen LogP contribution in [-0.2, 0) is 6.42 Å². The molecule has 2 aromatic heterocycles. The summed E-state index contributed by atoms with van der Waals surface area (Å²) in [6.45, 7) is 3.91. The molecule has 1 N–H and O–H groups in total. The average molecular weight is 337 g/mol. The lowest BCUT2D eigenvalue weighted by molar-refractivity contribution is 0.176. The van der Waals surface area contributed by atoms with Gasteiger partial charge in [0.2, 0.25) is 0 Å². The summed E-state index contributed by atoms with van der Waals surface area (Å²) in [6.07, 6.45) is 4.91. The molecule has 20 heavy (non-hydrogen) atoms. The van der Waals surface area contributed by atoms with E-state index in [1.807, 2.05) is 19.9 Å². The fourth-order valence-electron chi connectivity index (χ4n) is 2.19. The quantitative estimate of drug-likeness (QED) is 0.931. The van der Waals surface area contributed by atoms with Gasteiger partial charge in [-0.3, -0.25) is 9.97 Å². The maximum absolute atomic E-state index is 10.3. The number of halogens is 1. The van der Waals surface area contributed by atoms with Gasteiger partial charge in [-0.25, -0.2) is 0 Å². The van der Waals surface area contributed by atoms with Crippen molar-refractivity contribution in [3.63, 3.8) is 0 Å². The van der Waals surface area contributed by atoms with Crippen molar-refractivity contribution in [3.8, 4) is 5.75 Å². The summed E-state index contributed by atoms with van der Waals surface area (Å²) in [7, 11) is 1.65. The Kier molecular flexibility index (Phi) is 4.73. The van der Waals surface area contributed by atoms with Crippen molar-refractivity contribution in [2.24, 2.45) is 0 Å². The molecule has 1 atom stereocenters. The molecule has 0 spiro atoms. The number of aryl methyl sites for hydroxylation is 1. The molecule has 106 valence electrons. The smallest absolute Gasteiger partial charge is 0.128 e. The molecule has 0 aliphatic carbocycles. The van der Waals surface area contributed by atoms with E-state index >= 15 is 0 Å². The standard InChI is InChI=1S/C15H17BrN2O2/c1-9-6-18-13(10(2)15(9)20-3)5-14(19)11-4-12(16)8-17-7-11/h4,6-8,14,19H,5H2,1-3H3. The molecular weight excluding hydrogens is 320 g/mol. The first-order valence-electron chi connectivity index (χ1n) is 6.30. The van der Waals surface area contributed by atoms with Gasteiger partial charge in [-0.05, 0) is 35.8 Å². The Bertz CT molecular complexity index is 617. The molecule has 0 amide bonds. The first kappa shape index (κ1) is 14.9. The van der Waals surface area contributed by atoms with Crippen LogP contribution in [0.4, 0.5) is 0 Å². The van der Waals surface area contributed by atoms with E-state index < -0.39 is 6.10 Å². The van der Waals surface area contributed by atoms with Crippen molar-refractivity contribution in [1.82, 2.24) is 9.97 Å². The molecule has 0 aliphatic heterocycles. The highest BCUT2D eigenvalue weighted by Crippen LogP contribution is 2.27. The number of aliphatic hydroxyl groups is 1. The lowest BCUT2D eigenvalue weighted by atomic mass is 10.0. The fourth-order valence-corrected chi connectivity index (χ4v) is 2.57.